The van der Waals surface area contributed by atoms with Crippen molar-refractivity contribution in [3.63, 3.8) is 0 Å². The first-order valence-corrected chi connectivity index (χ1v) is 7.80. The van der Waals surface area contributed by atoms with E-state index in [0.29, 0.717) is 7.05 Å². The van der Waals surface area contributed by atoms with Crippen molar-refractivity contribution in [2.45, 2.75) is 30.0 Å². The number of ether oxygens (including phenoxy) is 3. The minimum absolute atomic E-state index is 0.175. The molecule has 0 aliphatic carbocycles. The first-order valence-electron chi connectivity index (χ1n) is 7.80. The molecule has 1 aliphatic heterocycles. The molecule has 18 heteroatoms. The van der Waals surface area contributed by atoms with Gasteiger partial charge in [0.2, 0.25) is 5.60 Å². The number of hydrogen-bond donors (Lipinski definition) is 2. The molecular formula is C13H14F9N3O6. The third kappa shape index (κ3) is 4.95. The summed E-state index contributed by atoms with van der Waals surface area (Å²) >= 11 is 0. The lowest BCUT2D eigenvalue weighted by Gasteiger charge is -2.45. The van der Waals surface area contributed by atoms with Crippen LogP contribution in [0.1, 0.15) is 0 Å². The normalized spacial score (nSPS) is 24.6. The Balaban J connectivity index is 3.78. The summed E-state index contributed by atoms with van der Waals surface area (Å²) in [6.07, 6.45) is -17.7. The summed E-state index contributed by atoms with van der Waals surface area (Å²) in [5.41, 5.74) is 7.16. The number of esters is 3. The van der Waals surface area contributed by atoms with E-state index in [1.807, 2.05) is 0 Å². The van der Waals surface area contributed by atoms with Crippen LogP contribution < -0.4 is 11.5 Å². The molecule has 2 atom stereocenters. The van der Waals surface area contributed by atoms with Crippen molar-refractivity contribution in [3.05, 3.63) is 0 Å². The average Bonchev–Trinajstić information content (AvgIpc) is 2.81. The van der Waals surface area contributed by atoms with Gasteiger partial charge in [-0.15, -0.1) is 0 Å². The fourth-order valence-corrected chi connectivity index (χ4v) is 2.87. The summed E-state index contributed by atoms with van der Waals surface area (Å²) in [4.78, 5) is 34.4. The minimum atomic E-state index is -5.92. The Morgan fingerprint density at radius 2 is 1.19 bits per heavy atom. The highest BCUT2D eigenvalue weighted by molar-refractivity contribution is 5.79. The molecular weight excluding hydrogens is 465 g/mol. The predicted octanol–water partition coefficient (Wildman–Crippen LogP) is 0.174. The highest BCUT2D eigenvalue weighted by atomic mass is 19.4. The van der Waals surface area contributed by atoms with E-state index in [0.717, 1.165) is 0 Å². The van der Waals surface area contributed by atoms with Crippen molar-refractivity contribution in [1.29, 1.82) is 0 Å². The molecule has 31 heavy (non-hydrogen) atoms. The molecule has 9 nitrogen and oxygen atoms in total. The molecule has 0 radical (unpaired) electrons. The third-order valence-electron chi connectivity index (χ3n) is 4.21. The van der Waals surface area contributed by atoms with E-state index in [2.05, 4.69) is 14.2 Å². The number of likely N-dealkylation sites (tertiary alicyclic amines) is 1. The van der Waals surface area contributed by atoms with Crippen LogP contribution >= 0.6 is 0 Å². The van der Waals surface area contributed by atoms with Gasteiger partial charge in [0.15, 0.2) is 0 Å². The van der Waals surface area contributed by atoms with Gasteiger partial charge in [-0.1, -0.05) is 0 Å². The molecule has 0 amide bonds. The summed E-state index contributed by atoms with van der Waals surface area (Å²) in [5, 5.41) is 0. The Bertz CT molecular complexity index is 695. The second kappa shape index (κ2) is 8.30. The van der Waals surface area contributed by atoms with Crippen molar-refractivity contribution in [3.8, 4) is 0 Å². The molecule has 1 fully saturated rings. The van der Waals surface area contributed by atoms with E-state index >= 15 is 0 Å². The van der Waals surface area contributed by atoms with Crippen molar-refractivity contribution in [2.24, 2.45) is 17.4 Å². The molecule has 1 heterocycles. The maximum absolute atomic E-state index is 12.8. The van der Waals surface area contributed by atoms with Crippen molar-refractivity contribution < 1.29 is 68.1 Å². The van der Waals surface area contributed by atoms with Gasteiger partial charge in [-0.2, -0.15) is 39.5 Å². The second-order valence-electron chi connectivity index (χ2n) is 6.15. The van der Waals surface area contributed by atoms with Gasteiger partial charge in [-0.05, 0) is 7.05 Å². The van der Waals surface area contributed by atoms with E-state index in [-0.39, 0.29) is 4.90 Å². The van der Waals surface area contributed by atoms with Crippen LogP contribution in [0.15, 0.2) is 0 Å². The van der Waals surface area contributed by atoms with Crippen LogP contribution in [0, 0.1) is 5.92 Å². The molecule has 1 rings (SSSR count). The van der Waals surface area contributed by atoms with Crippen LogP contribution in [0.4, 0.5) is 39.5 Å². The molecule has 4 N–H and O–H groups in total. The van der Waals surface area contributed by atoms with E-state index in [9.17, 15) is 53.9 Å². The number of carbonyl (C=O) groups is 3. The number of rotatable bonds is 5. The van der Waals surface area contributed by atoms with Crippen molar-refractivity contribution in [2.75, 3.05) is 26.7 Å². The fourth-order valence-electron chi connectivity index (χ4n) is 2.87. The monoisotopic (exact) mass is 479 g/mol. The lowest BCUT2D eigenvalue weighted by molar-refractivity contribution is -0.354. The smallest absolute Gasteiger partial charge is 0.440 e. The van der Waals surface area contributed by atoms with Crippen LogP contribution in [0.2, 0.25) is 0 Å². The molecule has 0 bridgehead atoms. The van der Waals surface area contributed by atoms with Gasteiger partial charge < -0.3 is 25.7 Å². The number of halogens is 9. The quantitative estimate of drug-likeness (QED) is 0.322. The standard InChI is InChI=1S/C13H14F9N3O6/c1-25-3-5(2-23)9(4-24,29-6(26)10(14,15)16)13(25,30-7(27)11(17,18)19)31-8(28)12(20,21)22/h5H,2-4,23-24H2,1H3. The summed E-state index contributed by atoms with van der Waals surface area (Å²) in [6.45, 7) is -3.23. The largest absolute Gasteiger partial charge is 0.491 e. The summed E-state index contributed by atoms with van der Waals surface area (Å²) in [5.74, 6) is -15.5. The molecule has 0 aromatic rings. The van der Waals surface area contributed by atoms with Crippen LogP contribution in [-0.2, 0) is 28.6 Å². The zero-order valence-corrected chi connectivity index (χ0v) is 15.2. The number of hydrogen-bond acceptors (Lipinski definition) is 9. The summed E-state index contributed by atoms with van der Waals surface area (Å²) in [6, 6.07) is 0. The lowest BCUT2D eigenvalue weighted by atomic mass is 9.87. The molecule has 0 aromatic carbocycles. The van der Waals surface area contributed by atoms with E-state index in [4.69, 9.17) is 11.5 Å². The number of carbonyl (C=O) groups excluding carboxylic acids is 3. The van der Waals surface area contributed by atoms with Gasteiger partial charge in [0.1, 0.15) is 0 Å². The van der Waals surface area contributed by atoms with Crippen LogP contribution in [0.5, 0.6) is 0 Å². The first-order chi connectivity index (χ1) is 13.8. The molecule has 0 saturated carbocycles. The van der Waals surface area contributed by atoms with Gasteiger partial charge >= 0.3 is 42.3 Å². The van der Waals surface area contributed by atoms with E-state index < -0.39 is 73.5 Å². The molecule has 2 unspecified atom stereocenters. The highest BCUT2D eigenvalue weighted by Gasteiger charge is 2.74. The average molecular weight is 479 g/mol. The van der Waals surface area contributed by atoms with Gasteiger partial charge in [-0.3, -0.25) is 0 Å². The van der Waals surface area contributed by atoms with Crippen LogP contribution in [-0.4, -0.2) is 79.5 Å². The Labute approximate surface area is 166 Å². The van der Waals surface area contributed by atoms with Crippen molar-refractivity contribution in [1.82, 2.24) is 4.90 Å². The summed E-state index contributed by atoms with van der Waals surface area (Å²) in [7, 11) is 0.606. The topological polar surface area (TPSA) is 134 Å². The number of likely N-dealkylation sites (N-methyl/N-ethyl adjacent to an activating group) is 1. The zero-order valence-electron chi connectivity index (χ0n) is 15.2. The summed E-state index contributed by atoms with van der Waals surface area (Å²) < 4.78 is 127. The molecule has 0 spiro atoms. The Morgan fingerprint density at radius 1 is 0.839 bits per heavy atom. The second-order valence-corrected chi connectivity index (χ2v) is 6.15. The molecule has 0 aromatic heterocycles. The molecule has 1 saturated heterocycles. The Kier molecular flexibility index (Phi) is 7.15. The third-order valence-corrected chi connectivity index (χ3v) is 4.21. The van der Waals surface area contributed by atoms with Gasteiger partial charge in [-0.25, -0.2) is 19.3 Å². The number of nitrogens with two attached hydrogens (primary N) is 2. The van der Waals surface area contributed by atoms with Gasteiger partial charge in [0.05, 0.1) is 0 Å². The van der Waals surface area contributed by atoms with Gasteiger partial charge in [0.25, 0.3) is 0 Å². The Morgan fingerprint density at radius 3 is 1.48 bits per heavy atom. The van der Waals surface area contributed by atoms with E-state index in [1.54, 1.807) is 0 Å². The van der Waals surface area contributed by atoms with Crippen LogP contribution in [0.25, 0.3) is 0 Å². The van der Waals surface area contributed by atoms with Crippen molar-refractivity contribution >= 4 is 17.9 Å². The van der Waals surface area contributed by atoms with Gasteiger partial charge in [0, 0.05) is 25.6 Å². The van der Waals surface area contributed by atoms with E-state index in [1.165, 1.54) is 0 Å². The Hall–Kier alpha value is -2.34. The van der Waals surface area contributed by atoms with Crippen LogP contribution in [0.3, 0.4) is 0 Å². The first kappa shape index (κ1) is 26.7. The maximum Gasteiger partial charge on any atom is 0.491 e. The SMILES string of the molecule is CN1CC(CN)C(CN)(OC(=O)C(F)(F)F)C1(OC(=O)C(F)(F)F)OC(=O)C(F)(F)F. The predicted molar refractivity (Wildman–Crippen MR) is 76.1 cm³/mol. The molecule has 1 aliphatic rings. The molecule has 180 valence electrons. The highest BCUT2D eigenvalue weighted by Crippen LogP contribution is 2.48. The number of alkyl halides is 9. The number of nitrogens with zero attached hydrogens (tertiary/aromatic N) is 1. The fraction of sp³-hybridized carbons (Fsp3) is 0.769. The minimum Gasteiger partial charge on any atom is -0.440 e. The zero-order chi connectivity index (χ0) is 24.6. The maximum atomic E-state index is 12.8. The lowest BCUT2D eigenvalue weighted by Crippen LogP contribution is -2.70.